The fourth-order valence-electron chi connectivity index (χ4n) is 1.21. The fourth-order valence-corrected chi connectivity index (χ4v) is 1.21. The number of anilines is 1. The van der Waals surface area contributed by atoms with E-state index in [1.54, 1.807) is 0 Å². The van der Waals surface area contributed by atoms with Gasteiger partial charge in [0.05, 0.1) is 6.54 Å². The van der Waals surface area contributed by atoms with Crippen LogP contribution in [0.25, 0.3) is 0 Å². The van der Waals surface area contributed by atoms with Gasteiger partial charge in [-0.1, -0.05) is 12.0 Å². The monoisotopic (exact) mass is 238 g/mol. The largest absolute Gasteiger partial charge is 0.369 e. The number of terminal acetylenes is 1. The van der Waals surface area contributed by atoms with Crippen molar-refractivity contribution in [3.8, 4) is 12.3 Å². The lowest BCUT2D eigenvalue weighted by molar-refractivity contribution is -0.121. The van der Waals surface area contributed by atoms with Gasteiger partial charge >= 0.3 is 0 Å². The van der Waals surface area contributed by atoms with Crippen molar-refractivity contribution in [3.63, 3.8) is 0 Å². The number of para-hydroxylation sites is 1. The number of carbonyl (C=O) groups excluding carboxylic acids is 1. The van der Waals surface area contributed by atoms with Gasteiger partial charge in [-0.15, -0.1) is 6.42 Å². The zero-order chi connectivity index (χ0) is 12.8. The Morgan fingerprint density at radius 1 is 1.47 bits per heavy atom. The lowest BCUT2D eigenvalue weighted by Crippen LogP contribution is -2.38. The van der Waals surface area contributed by atoms with Crippen LogP contribution in [0.4, 0.5) is 14.5 Å². The topological polar surface area (TPSA) is 41.1 Å². The van der Waals surface area contributed by atoms with Crippen LogP contribution in [0.1, 0.15) is 6.92 Å². The van der Waals surface area contributed by atoms with E-state index in [2.05, 4.69) is 16.6 Å². The summed E-state index contributed by atoms with van der Waals surface area (Å²) in [7, 11) is 0. The Morgan fingerprint density at radius 3 is 2.59 bits per heavy atom. The minimum absolute atomic E-state index is 0.0740. The molecule has 0 fully saturated rings. The van der Waals surface area contributed by atoms with E-state index in [0.717, 1.165) is 12.1 Å². The molecule has 0 bridgehead atoms. The van der Waals surface area contributed by atoms with Crippen LogP contribution < -0.4 is 10.6 Å². The van der Waals surface area contributed by atoms with Crippen LogP contribution in [-0.2, 0) is 4.79 Å². The third-order valence-corrected chi connectivity index (χ3v) is 2.08. The van der Waals surface area contributed by atoms with Gasteiger partial charge in [-0.25, -0.2) is 8.78 Å². The molecule has 17 heavy (non-hydrogen) atoms. The predicted octanol–water partition coefficient (Wildman–Crippen LogP) is 1.51. The Hall–Kier alpha value is -2.09. The van der Waals surface area contributed by atoms with Crippen molar-refractivity contribution in [2.45, 2.75) is 13.0 Å². The van der Waals surface area contributed by atoms with Gasteiger partial charge in [-0.3, -0.25) is 4.79 Å². The summed E-state index contributed by atoms with van der Waals surface area (Å²) >= 11 is 0. The Balaban J connectivity index is 2.71. The summed E-state index contributed by atoms with van der Waals surface area (Å²) in [4.78, 5) is 11.4. The minimum atomic E-state index is -0.783. The standard InChI is InChI=1S/C12H12F2N2O/c1-3-7-15-12(17)8(2)16-11-9(13)5-4-6-10(11)14/h1,4-6,8,16H,7H2,2H3,(H,15,17). The summed E-state index contributed by atoms with van der Waals surface area (Å²) in [5, 5.41) is 4.87. The van der Waals surface area contributed by atoms with Crippen molar-refractivity contribution in [3.05, 3.63) is 29.8 Å². The minimum Gasteiger partial charge on any atom is -0.369 e. The fraction of sp³-hybridized carbons (Fsp3) is 0.250. The number of halogens is 2. The number of carbonyl (C=O) groups is 1. The van der Waals surface area contributed by atoms with E-state index in [-0.39, 0.29) is 12.2 Å². The van der Waals surface area contributed by atoms with Crippen molar-refractivity contribution < 1.29 is 13.6 Å². The molecule has 0 heterocycles. The highest BCUT2D eigenvalue weighted by molar-refractivity contribution is 5.84. The van der Waals surface area contributed by atoms with Crippen LogP contribution in [0.15, 0.2) is 18.2 Å². The summed E-state index contributed by atoms with van der Waals surface area (Å²) in [6.45, 7) is 1.56. The maximum Gasteiger partial charge on any atom is 0.242 e. The molecular weight excluding hydrogens is 226 g/mol. The lowest BCUT2D eigenvalue weighted by Gasteiger charge is -2.15. The Kier molecular flexibility index (Phi) is 4.46. The second kappa shape index (κ2) is 5.85. The second-order valence-corrected chi connectivity index (χ2v) is 3.38. The molecule has 0 aromatic heterocycles. The average Bonchev–Trinajstić information content (AvgIpc) is 2.30. The average molecular weight is 238 g/mol. The van der Waals surface area contributed by atoms with Crippen molar-refractivity contribution >= 4 is 11.6 Å². The van der Waals surface area contributed by atoms with Gasteiger partial charge in [0.15, 0.2) is 0 Å². The van der Waals surface area contributed by atoms with Crippen LogP contribution in [0, 0.1) is 24.0 Å². The van der Waals surface area contributed by atoms with E-state index >= 15 is 0 Å². The summed E-state index contributed by atoms with van der Waals surface area (Å²) in [5.74, 6) is 0.310. The smallest absolute Gasteiger partial charge is 0.242 e. The van der Waals surface area contributed by atoms with Crippen molar-refractivity contribution in [1.29, 1.82) is 0 Å². The summed E-state index contributed by atoms with van der Waals surface area (Å²) in [6.07, 6.45) is 4.97. The molecule has 0 spiro atoms. The van der Waals surface area contributed by atoms with E-state index in [1.807, 2.05) is 0 Å². The molecule has 0 aliphatic rings. The third kappa shape index (κ3) is 3.45. The number of hydrogen-bond acceptors (Lipinski definition) is 2. The molecule has 0 saturated carbocycles. The SMILES string of the molecule is C#CCNC(=O)C(C)Nc1c(F)cccc1F. The van der Waals surface area contributed by atoms with E-state index in [4.69, 9.17) is 6.42 Å². The van der Waals surface area contributed by atoms with Crippen molar-refractivity contribution in [2.24, 2.45) is 0 Å². The molecule has 3 nitrogen and oxygen atoms in total. The van der Waals surface area contributed by atoms with Crippen LogP contribution in [-0.4, -0.2) is 18.5 Å². The molecule has 2 N–H and O–H groups in total. The zero-order valence-electron chi connectivity index (χ0n) is 9.26. The number of nitrogens with one attached hydrogen (secondary N) is 2. The number of hydrogen-bond donors (Lipinski definition) is 2. The Morgan fingerprint density at radius 2 is 2.06 bits per heavy atom. The molecule has 1 amide bonds. The van der Waals surface area contributed by atoms with Crippen LogP contribution in [0.2, 0.25) is 0 Å². The molecule has 5 heteroatoms. The normalized spacial score (nSPS) is 11.4. The van der Waals surface area contributed by atoms with E-state index in [0.29, 0.717) is 0 Å². The van der Waals surface area contributed by atoms with Gasteiger partial charge in [-0.2, -0.15) is 0 Å². The maximum atomic E-state index is 13.3. The van der Waals surface area contributed by atoms with Gasteiger partial charge in [0.2, 0.25) is 5.91 Å². The third-order valence-electron chi connectivity index (χ3n) is 2.08. The Labute approximate surface area is 98.2 Å². The van der Waals surface area contributed by atoms with Crippen LogP contribution >= 0.6 is 0 Å². The molecule has 0 saturated heterocycles. The quantitative estimate of drug-likeness (QED) is 0.781. The van der Waals surface area contributed by atoms with E-state index < -0.39 is 23.6 Å². The molecule has 1 rings (SSSR count). The molecule has 0 aliphatic carbocycles. The van der Waals surface area contributed by atoms with Crippen molar-refractivity contribution in [2.75, 3.05) is 11.9 Å². The second-order valence-electron chi connectivity index (χ2n) is 3.38. The molecule has 0 aliphatic heterocycles. The first-order valence-corrected chi connectivity index (χ1v) is 4.98. The highest BCUT2D eigenvalue weighted by Gasteiger charge is 2.16. The maximum absolute atomic E-state index is 13.3. The van der Waals surface area contributed by atoms with Crippen LogP contribution in [0.3, 0.4) is 0 Å². The molecular formula is C12H12F2N2O. The lowest BCUT2D eigenvalue weighted by atomic mass is 10.2. The van der Waals surface area contributed by atoms with Crippen molar-refractivity contribution in [1.82, 2.24) is 5.32 Å². The number of rotatable bonds is 4. The van der Waals surface area contributed by atoms with Gasteiger partial charge in [0, 0.05) is 0 Å². The van der Waals surface area contributed by atoms with Crippen LogP contribution in [0.5, 0.6) is 0 Å². The van der Waals surface area contributed by atoms with E-state index in [1.165, 1.54) is 13.0 Å². The molecule has 1 unspecified atom stereocenters. The summed E-state index contributed by atoms with van der Waals surface area (Å²) in [5.41, 5.74) is -0.323. The Bertz CT molecular complexity index is 434. The molecule has 1 aromatic rings. The van der Waals surface area contributed by atoms with Gasteiger partial charge in [0.25, 0.3) is 0 Å². The molecule has 1 aromatic carbocycles. The summed E-state index contributed by atoms with van der Waals surface area (Å²) in [6, 6.07) is 2.68. The number of amides is 1. The first-order valence-electron chi connectivity index (χ1n) is 4.98. The highest BCUT2D eigenvalue weighted by Crippen LogP contribution is 2.18. The zero-order valence-corrected chi connectivity index (χ0v) is 9.26. The van der Waals surface area contributed by atoms with E-state index in [9.17, 15) is 13.6 Å². The predicted molar refractivity (Wildman–Crippen MR) is 61.3 cm³/mol. The molecule has 0 radical (unpaired) electrons. The molecule has 90 valence electrons. The van der Waals surface area contributed by atoms with Gasteiger partial charge < -0.3 is 10.6 Å². The van der Waals surface area contributed by atoms with Gasteiger partial charge in [-0.05, 0) is 19.1 Å². The first-order chi connectivity index (χ1) is 8.06. The molecule has 1 atom stereocenters. The first kappa shape index (κ1) is 13.0. The summed E-state index contributed by atoms with van der Waals surface area (Å²) < 4.78 is 26.5. The van der Waals surface area contributed by atoms with Gasteiger partial charge in [0.1, 0.15) is 23.4 Å². The number of benzene rings is 1. The highest BCUT2D eigenvalue weighted by atomic mass is 19.1.